The lowest BCUT2D eigenvalue weighted by Gasteiger charge is -2.11. The Morgan fingerprint density at radius 3 is 2.67 bits per heavy atom. The van der Waals surface area contributed by atoms with Crippen molar-refractivity contribution in [2.24, 2.45) is 0 Å². The maximum absolute atomic E-state index is 12.7. The fourth-order valence-corrected chi connectivity index (χ4v) is 2.20. The SMILES string of the molecule is N#CCc1c(CBr)cnc(Br)c1C(F)F. The third kappa shape index (κ3) is 2.73. The van der Waals surface area contributed by atoms with E-state index < -0.39 is 6.43 Å². The smallest absolute Gasteiger partial charge is 0.249 e. The number of nitriles is 1. The largest absolute Gasteiger partial charge is 0.266 e. The van der Waals surface area contributed by atoms with Crippen LogP contribution in [0.25, 0.3) is 0 Å². The summed E-state index contributed by atoms with van der Waals surface area (Å²) in [4.78, 5) is 3.81. The van der Waals surface area contributed by atoms with Crippen molar-refractivity contribution < 1.29 is 8.78 Å². The molecule has 2 nitrogen and oxygen atoms in total. The molecule has 0 aliphatic carbocycles. The highest BCUT2D eigenvalue weighted by Gasteiger charge is 2.20. The molecule has 1 aromatic heterocycles. The zero-order chi connectivity index (χ0) is 11.4. The lowest BCUT2D eigenvalue weighted by Crippen LogP contribution is -2.02. The Labute approximate surface area is 103 Å². The average Bonchev–Trinajstić information content (AvgIpc) is 2.18. The number of rotatable bonds is 3. The first kappa shape index (κ1) is 12.5. The van der Waals surface area contributed by atoms with E-state index in [1.807, 2.05) is 6.07 Å². The zero-order valence-electron chi connectivity index (χ0n) is 7.48. The Morgan fingerprint density at radius 1 is 1.53 bits per heavy atom. The van der Waals surface area contributed by atoms with E-state index in [9.17, 15) is 8.78 Å². The van der Waals surface area contributed by atoms with Gasteiger partial charge in [0.25, 0.3) is 6.43 Å². The van der Waals surface area contributed by atoms with Gasteiger partial charge in [-0.15, -0.1) is 0 Å². The third-order valence-corrected chi connectivity index (χ3v) is 3.12. The Morgan fingerprint density at radius 2 is 2.20 bits per heavy atom. The molecule has 0 fully saturated rings. The molecule has 15 heavy (non-hydrogen) atoms. The highest BCUT2D eigenvalue weighted by Crippen LogP contribution is 2.32. The van der Waals surface area contributed by atoms with E-state index >= 15 is 0 Å². The molecule has 0 saturated heterocycles. The molecule has 1 heterocycles. The highest BCUT2D eigenvalue weighted by atomic mass is 79.9. The van der Waals surface area contributed by atoms with Gasteiger partial charge in [0.2, 0.25) is 0 Å². The monoisotopic (exact) mass is 338 g/mol. The molecule has 6 heteroatoms. The number of hydrogen-bond acceptors (Lipinski definition) is 2. The second-order valence-corrected chi connectivity index (χ2v) is 4.05. The first-order valence-corrected chi connectivity index (χ1v) is 5.90. The molecule has 0 aliphatic rings. The standard InChI is InChI=1S/C9H6Br2F2N2/c10-3-5-4-15-8(11)7(9(12)13)6(5)1-2-14/h4,9H,1,3H2. The summed E-state index contributed by atoms with van der Waals surface area (Å²) in [6, 6.07) is 1.88. The second-order valence-electron chi connectivity index (χ2n) is 2.74. The lowest BCUT2D eigenvalue weighted by molar-refractivity contribution is 0.149. The normalized spacial score (nSPS) is 10.4. The van der Waals surface area contributed by atoms with E-state index in [2.05, 4.69) is 36.8 Å². The predicted octanol–water partition coefficient (Wildman–Crippen LogP) is 3.74. The van der Waals surface area contributed by atoms with Crippen molar-refractivity contribution in [1.29, 1.82) is 5.26 Å². The van der Waals surface area contributed by atoms with E-state index in [-0.39, 0.29) is 16.6 Å². The molecule has 80 valence electrons. The van der Waals surface area contributed by atoms with Gasteiger partial charge >= 0.3 is 0 Å². The molecule has 0 aromatic carbocycles. The van der Waals surface area contributed by atoms with Crippen LogP contribution in [0.1, 0.15) is 23.1 Å². The molecule has 0 aliphatic heterocycles. The van der Waals surface area contributed by atoms with Gasteiger partial charge in [-0.3, -0.25) is 0 Å². The summed E-state index contributed by atoms with van der Waals surface area (Å²) in [6.45, 7) is 0. The Kier molecular flexibility index (Phi) is 4.61. The fourth-order valence-electron chi connectivity index (χ4n) is 1.20. The minimum Gasteiger partial charge on any atom is -0.249 e. The summed E-state index contributed by atoms with van der Waals surface area (Å²) >= 11 is 6.14. The van der Waals surface area contributed by atoms with Gasteiger partial charge < -0.3 is 0 Å². The minimum atomic E-state index is -2.63. The van der Waals surface area contributed by atoms with Crippen molar-refractivity contribution in [1.82, 2.24) is 4.98 Å². The van der Waals surface area contributed by atoms with Crippen LogP contribution in [0.5, 0.6) is 0 Å². The molecule has 0 amide bonds. The lowest BCUT2D eigenvalue weighted by atomic mass is 10.0. The number of alkyl halides is 3. The first-order valence-electron chi connectivity index (χ1n) is 3.99. The topological polar surface area (TPSA) is 36.7 Å². The van der Waals surface area contributed by atoms with Crippen LogP contribution < -0.4 is 0 Å². The van der Waals surface area contributed by atoms with Crippen LogP contribution in [-0.2, 0) is 11.8 Å². The number of nitrogens with zero attached hydrogens (tertiary/aromatic N) is 2. The number of halogens is 4. The van der Waals surface area contributed by atoms with Crippen LogP contribution in [-0.4, -0.2) is 4.98 Å². The molecule has 1 rings (SSSR count). The number of aromatic nitrogens is 1. The van der Waals surface area contributed by atoms with Crippen molar-refractivity contribution in [3.63, 3.8) is 0 Å². The van der Waals surface area contributed by atoms with Gasteiger partial charge in [0.1, 0.15) is 4.60 Å². The third-order valence-electron chi connectivity index (χ3n) is 1.89. The summed E-state index contributed by atoms with van der Waals surface area (Å²) in [5.41, 5.74) is 0.787. The highest BCUT2D eigenvalue weighted by molar-refractivity contribution is 9.10. The van der Waals surface area contributed by atoms with Gasteiger partial charge in [-0.25, -0.2) is 13.8 Å². The van der Waals surface area contributed by atoms with Gasteiger partial charge in [0.05, 0.1) is 18.1 Å². The van der Waals surface area contributed by atoms with Gasteiger partial charge in [-0.1, -0.05) is 15.9 Å². The van der Waals surface area contributed by atoms with E-state index in [1.54, 1.807) is 0 Å². The summed E-state index contributed by atoms with van der Waals surface area (Å²) in [5.74, 6) is 0. The van der Waals surface area contributed by atoms with Crippen molar-refractivity contribution in [3.05, 3.63) is 27.5 Å². The van der Waals surface area contributed by atoms with Gasteiger partial charge in [-0.05, 0) is 27.1 Å². The van der Waals surface area contributed by atoms with Crippen LogP contribution in [0, 0.1) is 11.3 Å². The van der Waals surface area contributed by atoms with Crippen LogP contribution in [0.4, 0.5) is 8.78 Å². The van der Waals surface area contributed by atoms with Crippen LogP contribution in [0.3, 0.4) is 0 Å². The fraction of sp³-hybridized carbons (Fsp3) is 0.333. The van der Waals surface area contributed by atoms with Gasteiger partial charge in [0, 0.05) is 11.5 Å². The second kappa shape index (κ2) is 5.52. The molecule has 0 bridgehead atoms. The van der Waals surface area contributed by atoms with Gasteiger partial charge in [-0.2, -0.15) is 5.26 Å². The van der Waals surface area contributed by atoms with Gasteiger partial charge in [0.15, 0.2) is 0 Å². The Balaban J connectivity index is 3.38. The molecular weight excluding hydrogens is 334 g/mol. The molecular formula is C9H6Br2F2N2. The Bertz CT molecular complexity index is 402. The van der Waals surface area contributed by atoms with Crippen molar-refractivity contribution >= 4 is 31.9 Å². The predicted molar refractivity (Wildman–Crippen MR) is 58.8 cm³/mol. The van der Waals surface area contributed by atoms with Crippen molar-refractivity contribution in [3.8, 4) is 6.07 Å². The van der Waals surface area contributed by atoms with E-state index in [0.717, 1.165) is 0 Å². The van der Waals surface area contributed by atoms with Crippen LogP contribution in [0.2, 0.25) is 0 Å². The molecule has 0 spiro atoms. The summed E-state index contributed by atoms with van der Waals surface area (Å²) < 4.78 is 25.6. The summed E-state index contributed by atoms with van der Waals surface area (Å²) in [7, 11) is 0. The molecule has 0 atom stereocenters. The van der Waals surface area contributed by atoms with Crippen LogP contribution in [0.15, 0.2) is 10.8 Å². The quantitative estimate of drug-likeness (QED) is 0.621. The van der Waals surface area contributed by atoms with E-state index in [1.165, 1.54) is 6.20 Å². The molecule has 0 N–H and O–H groups in total. The maximum Gasteiger partial charge on any atom is 0.266 e. The molecule has 0 unspecified atom stereocenters. The Hall–Kier alpha value is -0.540. The maximum atomic E-state index is 12.7. The van der Waals surface area contributed by atoms with Crippen LogP contribution >= 0.6 is 31.9 Å². The zero-order valence-corrected chi connectivity index (χ0v) is 10.6. The van der Waals surface area contributed by atoms with E-state index in [0.29, 0.717) is 16.5 Å². The van der Waals surface area contributed by atoms with Crippen molar-refractivity contribution in [2.75, 3.05) is 0 Å². The first-order chi connectivity index (χ1) is 7.11. The van der Waals surface area contributed by atoms with Crippen molar-refractivity contribution in [2.45, 2.75) is 18.2 Å². The molecule has 0 radical (unpaired) electrons. The average molecular weight is 340 g/mol. The number of hydrogen-bond donors (Lipinski definition) is 0. The summed E-state index contributed by atoms with van der Waals surface area (Å²) in [6.07, 6.45) is -1.19. The summed E-state index contributed by atoms with van der Waals surface area (Å²) in [5, 5.41) is 9.00. The molecule has 1 aromatic rings. The number of pyridine rings is 1. The minimum absolute atomic E-state index is 0.0400. The van der Waals surface area contributed by atoms with E-state index in [4.69, 9.17) is 5.26 Å². The molecule has 0 saturated carbocycles.